The van der Waals surface area contributed by atoms with Gasteiger partial charge in [0.15, 0.2) is 5.76 Å². The van der Waals surface area contributed by atoms with E-state index in [2.05, 4.69) is 16.0 Å². The summed E-state index contributed by atoms with van der Waals surface area (Å²) >= 11 is 0. The molecule has 1 aromatic carbocycles. The van der Waals surface area contributed by atoms with Crippen molar-refractivity contribution in [2.24, 2.45) is 5.92 Å². The largest absolute Gasteiger partial charge is 0.459 e. The molecule has 120 valence electrons. The second-order valence-electron chi connectivity index (χ2n) is 5.54. The second kappa shape index (κ2) is 7.11. The Kier molecular flexibility index (Phi) is 4.73. The van der Waals surface area contributed by atoms with Crippen LogP contribution in [0.5, 0.6) is 0 Å². The van der Waals surface area contributed by atoms with Crippen molar-refractivity contribution in [3.63, 3.8) is 0 Å². The van der Waals surface area contributed by atoms with Gasteiger partial charge >= 0.3 is 0 Å². The first-order valence-electron chi connectivity index (χ1n) is 7.69. The molecule has 1 fully saturated rings. The lowest BCUT2D eigenvalue weighted by atomic mass is 9.99. The van der Waals surface area contributed by atoms with Crippen molar-refractivity contribution < 1.29 is 14.0 Å². The molecule has 1 aliphatic heterocycles. The zero-order chi connectivity index (χ0) is 16.1. The van der Waals surface area contributed by atoms with Crippen LogP contribution in [0.15, 0.2) is 47.1 Å². The molecule has 0 radical (unpaired) electrons. The third-order valence-electron chi connectivity index (χ3n) is 3.82. The van der Waals surface area contributed by atoms with Crippen LogP contribution in [0.25, 0.3) is 0 Å². The van der Waals surface area contributed by atoms with E-state index in [1.165, 1.54) is 6.26 Å². The number of piperidine rings is 1. The molecule has 2 amide bonds. The zero-order valence-corrected chi connectivity index (χ0v) is 12.7. The molecule has 1 atom stereocenters. The summed E-state index contributed by atoms with van der Waals surface area (Å²) in [6.45, 7) is 1.71. The van der Waals surface area contributed by atoms with Gasteiger partial charge in [0, 0.05) is 17.9 Å². The highest BCUT2D eigenvalue weighted by molar-refractivity contribution is 6.02. The number of carbonyl (C=O) groups excluding carboxylic acids is 2. The first-order valence-corrected chi connectivity index (χ1v) is 7.69. The number of furan rings is 1. The molecular formula is C17H19N3O3. The average molecular weight is 313 g/mol. The third kappa shape index (κ3) is 3.98. The van der Waals surface area contributed by atoms with Gasteiger partial charge in [0.05, 0.1) is 12.2 Å². The molecule has 6 nitrogen and oxygen atoms in total. The van der Waals surface area contributed by atoms with E-state index >= 15 is 0 Å². The van der Waals surface area contributed by atoms with Crippen LogP contribution < -0.4 is 16.0 Å². The topological polar surface area (TPSA) is 83.4 Å². The Labute approximate surface area is 134 Å². The fraction of sp³-hybridized carbons (Fsp3) is 0.294. The van der Waals surface area contributed by atoms with Crippen LogP contribution in [0.3, 0.4) is 0 Å². The van der Waals surface area contributed by atoms with Crippen molar-refractivity contribution in [2.75, 3.05) is 23.7 Å². The van der Waals surface area contributed by atoms with Crippen molar-refractivity contribution in [1.82, 2.24) is 5.32 Å². The predicted octanol–water partition coefficient (Wildman–Crippen LogP) is 2.47. The summed E-state index contributed by atoms with van der Waals surface area (Å²) in [7, 11) is 0. The second-order valence-corrected chi connectivity index (χ2v) is 5.54. The van der Waals surface area contributed by atoms with Gasteiger partial charge in [-0.3, -0.25) is 9.59 Å². The molecule has 2 aromatic rings. The number of carbonyl (C=O) groups is 2. The summed E-state index contributed by atoms with van der Waals surface area (Å²) in [5.41, 5.74) is 1.36. The normalized spacial score (nSPS) is 17.5. The molecule has 23 heavy (non-hydrogen) atoms. The van der Waals surface area contributed by atoms with Gasteiger partial charge in [-0.1, -0.05) is 0 Å². The molecular weight excluding hydrogens is 294 g/mol. The highest BCUT2D eigenvalue weighted by Crippen LogP contribution is 2.17. The Morgan fingerprint density at radius 3 is 2.43 bits per heavy atom. The number of anilines is 2. The summed E-state index contributed by atoms with van der Waals surface area (Å²) in [6, 6.07) is 10.3. The van der Waals surface area contributed by atoms with Gasteiger partial charge in [-0.2, -0.15) is 0 Å². The van der Waals surface area contributed by atoms with Crippen LogP contribution in [-0.2, 0) is 4.79 Å². The molecule has 1 aromatic heterocycles. The lowest BCUT2D eigenvalue weighted by Crippen LogP contribution is -2.37. The molecule has 2 heterocycles. The van der Waals surface area contributed by atoms with Gasteiger partial charge in [0.1, 0.15) is 0 Å². The lowest BCUT2D eigenvalue weighted by molar-refractivity contribution is -0.120. The maximum Gasteiger partial charge on any atom is 0.291 e. The maximum absolute atomic E-state index is 12.2. The minimum absolute atomic E-state index is 0.0158. The van der Waals surface area contributed by atoms with E-state index in [4.69, 9.17) is 4.42 Å². The minimum atomic E-state index is -0.305. The summed E-state index contributed by atoms with van der Waals surface area (Å²) in [5.74, 6) is -0.00102. The van der Waals surface area contributed by atoms with Crippen LogP contribution in [0.1, 0.15) is 23.4 Å². The first-order chi connectivity index (χ1) is 11.2. The van der Waals surface area contributed by atoms with Crippen LogP contribution in [0, 0.1) is 5.92 Å². The predicted molar refractivity (Wildman–Crippen MR) is 87.3 cm³/mol. The smallest absolute Gasteiger partial charge is 0.291 e. The molecule has 0 saturated carbocycles. The first kappa shape index (κ1) is 15.3. The molecule has 3 N–H and O–H groups in total. The van der Waals surface area contributed by atoms with Crippen LogP contribution in [0.2, 0.25) is 0 Å². The third-order valence-corrected chi connectivity index (χ3v) is 3.82. The summed E-state index contributed by atoms with van der Waals surface area (Å²) in [6.07, 6.45) is 3.39. The highest BCUT2D eigenvalue weighted by atomic mass is 16.3. The number of hydrogen-bond acceptors (Lipinski definition) is 4. The Balaban J connectivity index is 1.56. The SMILES string of the molecule is O=C(Nc1ccc(NC(=O)[C@@H]2CCCNC2)cc1)c1ccco1. The van der Waals surface area contributed by atoms with Crippen molar-refractivity contribution in [1.29, 1.82) is 0 Å². The van der Waals surface area contributed by atoms with E-state index in [9.17, 15) is 9.59 Å². The Bertz CT molecular complexity index is 659. The van der Waals surface area contributed by atoms with Crippen LogP contribution in [-0.4, -0.2) is 24.9 Å². The average Bonchev–Trinajstić information content (AvgIpc) is 3.12. The van der Waals surface area contributed by atoms with Crippen LogP contribution in [0.4, 0.5) is 11.4 Å². The molecule has 6 heteroatoms. The number of amides is 2. The van der Waals surface area contributed by atoms with Crippen LogP contribution >= 0.6 is 0 Å². The molecule has 1 aliphatic rings. The van der Waals surface area contributed by atoms with Crippen molar-refractivity contribution in [3.05, 3.63) is 48.4 Å². The Morgan fingerprint density at radius 2 is 1.83 bits per heavy atom. The van der Waals surface area contributed by atoms with E-state index in [-0.39, 0.29) is 23.5 Å². The summed E-state index contributed by atoms with van der Waals surface area (Å²) < 4.78 is 5.04. The molecule has 3 rings (SSSR count). The quantitative estimate of drug-likeness (QED) is 0.809. The number of nitrogens with one attached hydrogen (secondary N) is 3. The summed E-state index contributed by atoms with van der Waals surface area (Å²) in [5, 5.41) is 8.87. The number of benzene rings is 1. The van der Waals surface area contributed by atoms with Gasteiger partial charge in [-0.05, 0) is 55.8 Å². The molecule has 1 saturated heterocycles. The van der Waals surface area contributed by atoms with E-state index in [1.807, 2.05) is 0 Å². The fourth-order valence-corrected chi connectivity index (χ4v) is 2.56. The monoisotopic (exact) mass is 313 g/mol. The maximum atomic E-state index is 12.2. The molecule has 0 aliphatic carbocycles. The van der Waals surface area contributed by atoms with Gasteiger partial charge in [-0.15, -0.1) is 0 Å². The Hall–Kier alpha value is -2.60. The van der Waals surface area contributed by atoms with Gasteiger partial charge in [-0.25, -0.2) is 0 Å². The van der Waals surface area contributed by atoms with E-state index in [1.54, 1.807) is 36.4 Å². The van der Waals surface area contributed by atoms with Gasteiger partial charge in [0.2, 0.25) is 5.91 Å². The number of hydrogen-bond donors (Lipinski definition) is 3. The number of rotatable bonds is 4. The lowest BCUT2D eigenvalue weighted by Gasteiger charge is -2.21. The zero-order valence-electron chi connectivity index (χ0n) is 12.7. The van der Waals surface area contributed by atoms with Crippen molar-refractivity contribution in [3.8, 4) is 0 Å². The van der Waals surface area contributed by atoms with Gasteiger partial charge < -0.3 is 20.4 Å². The molecule has 0 unspecified atom stereocenters. The van der Waals surface area contributed by atoms with E-state index in [0.29, 0.717) is 5.69 Å². The van der Waals surface area contributed by atoms with E-state index < -0.39 is 0 Å². The van der Waals surface area contributed by atoms with E-state index in [0.717, 1.165) is 31.6 Å². The Morgan fingerprint density at radius 1 is 1.09 bits per heavy atom. The van der Waals surface area contributed by atoms with Crippen molar-refractivity contribution in [2.45, 2.75) is 12.8 Å². The minimum Gasteiger partial charge on any atom is -0.459 e. The van der Waals surface area contributed by atoms with Gasteiger partial charge in [0.25, 0.3) is 5.91 Å². The van der Waals surface area contributed by atoms with Crippen molar-refractivity contribution >= 4 is 23.2 Å². The molecule has 0 bridgehead atoms. The standard InChI is InChI=1S/C17H19N3O3/c21-16(12-3-1-9-18-11-12)19-13-5-7-14(8-6-13)20-17(22)15-4-2-10-23-15/h2,4-8,10,12,18H,1,3,9,11H2,(H,19,21)(H,20,22)/t12-/m1/s1. The summed E-state index contributed by atoms with van der Waals surface area (Å²) in [4.78, 5) is 24.0. The highest BCUT2D eigenvalue weighted by Gasteiger charge is 2.20. The molecule has 0 spiro atoms. The fourth-order valence-electron chi connectivity index (χ4n) is 2.56.